The van der Waals surface area contributed by atoms with E-state index in [0.29, 0.717) is 11.3 Å². The van der Waals surface area contributed by atoms with Crippen LogP contribution in [0.25, 0.3) is 0 Å². The molecule has 0 spiro atoms. The fourth-order valence-electron chi connectivity index (χ4n) is 1.76. The Balaban J connectivity index is 2.84. The van der Waals surface area contributed by atoms with Gasteiger partial charge < -0.3 is 5.32 Å². The third-order valence-electron chi connectivity index (χ3n) is 2.75. The van der Waals surface area contributed by atoms with Crippen LogP contribution < -0.4 is 5.32 Å². The summed E-state index contributed by atoms with van der Waals surface area (Å²) in [5.41, 5.74) is 0.190. The van der Waals surface area contributed by atoms with Crippen molar-refractivity contribution in [3.05, 3.63) is 34.4 Å². The van der Waals surface area contributed by atoms with Crippen molar-refractivity contribution in [3.8, 4) is 0 Å². The van der Waals surface area contributed by atoms with Gasteiger partial charge in [-0.3, -0.25) is 10.1 Å². The molecule has 0 aliphatic carbocycles. The van der Waals surface area contributed by atoms with E-state index in [4.69, 9.17) is 0 Å². The Kier molecular flexibility index (Phi) is 5.44. The highest BCUT2D eigenvalue weighted by molar-refractivity contribution is 8.00. The Morgan fingerprint density at radius 3 is 2.65 bits per heavy atom. The van der Waals surface area contributed by atoms with Gasteiger partial charge in [0.2, 0.25) is 0 Å². The molecule has 2 atom stereocenters. The van der Waals surface area contributed by atoms with E-state index in [-0.39, 0.29) is 10.6 Å². The second-order valence-electron chi connectivity index (χ2n) is 3.85. The van der Waals surface area contributed by atoms with Gasteiger partial charge in [0.1, 0.15) is 0 Å². The predicted octanol–water partition coefficient (Wildman–Crippen LogP) is 3.07. The monoisotopic (exact) mass is 254 g/mol. The lowest BCUT2D eigenvalue weighted by atomic mass is 10.2. The number of nitrogens with zero attached hydrogens (tertiary/aromatic N) is 1. The van der Waals surface area contributed by atoms with Crippen molar-refractivity contribution in [2.75, 3.05) is 7.05 Å². The van der Waals surface area contributed by atoms with Crippen molar-refractivity contribution in [1.82, 2.24) is 5.32 Å². The van der Waals surface area contributed by atoms with E-state index >= 15 is 0 Å². The number of nitro groups is 1. The average Bonchev–Trinajstić information content (AvgIpc) is 2.31. The molecule has 0 aliphatic heterocycles. The van der Waals surface area contributed by atoms with Crippen molar-refractivity contribution in [2.45, 2.75) is 36.5 Å². The molecule has 17 heavy (non-hydrogen) atoms. The van der Waals surface area contributed by atoms with Crippen LogP contribution in [0.5, 0.6) is 0 Å². The molecule has 2 unspecified atom stereocenters. The molecule has 1 rings (SSSR count). The summed E-state index contributed by atoms with van der Waals surface area (Å²) >= 11 is 1.55. The number of thioether (sulfide) groups is 1. The molecule has 0 bridgehead atoms. The summed E-state index contributed by atoms with van der Waals surface area (Å²) in [6.45, 7) is 4.20. The molecule has 0 saturated heterocycles. The smallest absolute Gasteiger partial charge is 0.282 e. The van der Waals surface area contributed by atoms with Crippen molar-refractivity contribution in [1.29, 1.82) is 0 Å². The van der Waals surface area contributed by atoms with E-state index in [2.05, 4.69) is 19.2 Å². The Bertz CT molecular complexity index is 381. The molecule has 4 nitrogen and oxygen atoms in total. The number of nitro benzene ring substituents is 1. The molecule has 1 aromatic carbocycles. The maximum atomic E-state index is 10.9. The zero-order valence-corrected chi connectivity index (χ0v) is 11.2. The van der Waals surface area contributed by atoms with Crippen molar-refractivity contribution in [2.24, 2.45) is 0 Å². The van der Waals surface area contributed by atoms with E-state index in [1.54, 1.807) is 23.9 Å². The lowest BCUT2D eigenvalue weighted by Gasteiger charge is -2.21. The van der Waals surface area contributed by atoms with E-state index in [9.17, 15) is 10.1 Å². The highest BCUT2D eigenvalue weighted by atomic mass is 32.2. The standard InChI is InChI=1S/C12H18N2O2S/c1-4-10(13-3)9(2)17-12-8-6-5-7-11(12)14(15)16/h5-10,13H,4H2,1-3H3. The second kappa shape index (κ2) is 6.61. The minimum atomic E-state index is -0.324. The first-order chi connectivity index (χ1) is 8.10. The van der Waals surface area contributed by atoms with Gasteiger partial charge in [0.25, 0.3) is 5.69 Å². The molecule has 0 aliphatic rings. The third kappa shape index (κ3) is 3.71. The normalized spacial score (nSPS) is 14.3. The van der Waals surface area contributed by atoms with Crippen LogP contribution in [0.15, 0.2) is 29.2 Å². The van der Waals surface area contributed by atoms with Gasteiger partial charge in [0.15, 0.2) is 0 Å². The first-order valence-electron chi connectivity index (χ1n) is 5.67. The fraction of sp³-hybridized carbons (Fsp3) is 0.500. The van der Waals surface area contributed by atoms with E-state index < -0.39 is 0 Å². The maximum absolute atomic E-state index is 10.9. The average molecular weight is 254 g/mol. The number of nitrogens with one attached hydrogen (secondary N) is 1. The summed E-state index contributed by atoms with van der Waals surface area (Å²) in [7, 11) is 1.92. The van der Waals surface area contributed by atoms with Crippen LogP contribution in [0.1, 0.15) is 20.3 Å². The highest BCUT2D eigenvalue weighted by Gasteiger charge is 2.19. The molecule has 0 fully saturated rings. The lowest BCUT2D eigenvalue weighted by Crippen LogP contribution is -2.33. The second-order valence-corrected chi connectivity index (χ2v) is 5.27. The third-order valence-corrected chi connectivity index (χ3v) is 4.05. The summed E-state index contributed by atoms with van der Waals surface area (Å²) < 4.78 is 0. The van der Waals surface area contributed by atoms with Crippen LogP contribution in [0, 0.1) is 10.1 Å². The Labute approximate surface area is 106 Å². The van der Waals surface area contributed by atoms with Crippen LogP contribution in [-0.2, 0) is 0 Å². The van der Waals surface area contributed by atoms with Gasteiger partial charge >= 0.3 is 0 Å². The molecule has 94 valence electrons. The van der Waals surface area contributed by atoms with Crippen LogP contribution in [-0.4, -0.2) is 23.3 Å². The van der Waals surface area contributed by atoms with E-state index in [1.807, 2.05) is 19.2 Å². The SMILES string of the molecule is CCC(NC)C(C)Sc1ccccc1[N+](=O)[O-]. The summed E-state index contributed by atoms with van der Waals surface area (Å²) in [6, 6.07) is 7.25. The zero-order valence-electron chi connectivity index (χ0n) is 10.3. The molecule has 5 heteroatoms. The summed E-state index contributed by atoms with van der Waals surface area (Å²) in [5, 5.41) is 14.4. The van der Waals surface area contributed by atoms with Crippen LogP contribution >= 0.6 is 11.8 Å². The molecule has 0 saturated carbocycles. The van der Waals surface area contributed by atoms with Gasteiger partial charge in [0.05, 0.1) is 9.82 Å². The summed E-state index contributed by atoms with van der Waals surface area (Å²) in [6.07, 6.45) is 1.01. The number of para-hydroxylation sites is 1. The predicted molar refractivity (Wildman–Crippen MR) is 71.6 cm³/mol. The molecular weight excluding hydrogens is 236 g/mol. The van der Waals surface area contributed by atoms with Crippen molar-refractivity contribution in [3.63, 3.8) is 0 Å². The summed E-state index contributed by atoms with van der Waals surface area (Å²) in [5.74, 6) is 0. The Morgan fingerprint density at radius 1 is 1.47 bits per heavy atom. The zero-order chi connectivity index (χ0) is 12.8. The number of benzene rings is 1. The maximum Gasteiger partial charge on any atom is 0.282 e. The van der Waals surface area contributed by atoms with Crippen LogP contribution in [0.3, 0.4) is 0 Å². The van der Waals surface area contributed by atoms with E-state index in [1.165, 1.54) is 0 Å². The fourth-order valence-corrected chi connectivity index (χ4v) is 3.07. The Morgan fingerprint density at radius 2 is 2.12 bits per heavy atom. The first-order valence-corrected chi connectivity index (χ1v) is 6.55. The molecule has 0 heterocycles. The van der Waals surface area contributed by atoms with Crippen LogP contribution in [0.4, 0.5) is 5.69 Å². The van der Waals surface area contributed by atoms with Gasteiger partial charge in [-0.2, -0.15) is 0 Å². The molecule has 1 aromatic rings. The number of rotatable bonds is 6. The largest absolute Gasteiger partial charge is 0.316 e. The molecule has 1 N–H and O–H groups in total. The molecule has 0 radical (unpaired) electrons. The minimum absolute atomic E-state index is 0.190. The number of hydrogen-bond donors (Lipinski definition) is 1. The van der Waals surface area contributed by atoms with Gasteiger partial charge in [-0.05, 0) is 19.5 Å². The molecular formula is C12H18N2O2S. The van der Waals surface area contributed by atoms with Crippen molar-refractivity contribution >= 4 is 17.4 Å². The topological polar surface area (TPSA) is 55.2 Å². The van der Waals surface area contributed by atoms with E-state index in [0.717, 1.165) is 11.3 Å². The Hall–Kier alpha value is -1.07. The molecule has 0 amide bonds. The van der Waals surface area contributed by atoms with Crippen molar-refractivity contribution < 1.29 is 4.92 Å². The first kappa shape index (κ1) is 14.0. The van der Waals surface area contributed by atoms with Gasteiger partial charge in [-0.25, -0.2) is 0 Å². The summed E-state index contributed by atoms with van der Waals surface area (Å²) in [4.78, 5) is 11.3. The van der Waals surface area contributed by atoms with Gasteiger partial charge in [-0.1, -0.05) is 26.0 Å². The van der Waals surface area contributed by atoms with Gasteiger partial charge in [0, 0.05) is 17.4 Å². The molecule has 0 aromatic heterocycles. The van der Waals surface area contributed by atoms with Crippen LogP contribution in [0.2, 0.25) is 0 Å². The van der Waals surface area contributed by atoms with Gasteiger partial charge in [-0.15, -0.1) is 11.8 Å². The number of hydrogen-bond acceptors (Lipinski definition) is 4. The quantitative estimate of drug-likeness (QED) is 0.481. The highest BCUT2D eigenvalue weighted by Crippen LogP contribution is 2.33. The minimum Gasteiger partial charge on any atom is -0.316 e. The lowest BCUT2D eigenvalue weighted by molar-refractivity contribution is -0.387.